The van der Waals surface area contributed by atoms with E-state index in [4.69, 9.17) is 0 Å². The first kappa shape index (κ1) is 19.4. The van der Waals surface area contributed by atoms with Gasteiger partial charge in [0.15, 0.2) is 19.7 Å². The van der Waals surface area contributed by atoms with Gasteiger partial charge in [-0.05, 0) is 42.0 Å². The Bertz CT molecular complexity index is 1100. The van der Waals surface area contributed by atoms with E-state index in [9.17, 15) is 16.8 Å². The van der Waals surface area contributed by atoms with E-state index >= 15 is 0 Å². The fraction of sp³-hybridized carbons (Fsp3) is 0.364. The van der Waals surface area contributed by atoms with Gasteiger partial charge >= 0.3 is 0 Å². The summed E-state index contributed by atoms with van der Waals surface area (Å²) in [7, 11) is -7.65. The van der Waals surface area contributed by atoms with Crippen molar-refractivity contribution in [1.82, 2.24) is 0 Å². The smallest absolute Gasteiger partial charge is 0.183 e. The topological polar surface area (TPSA) is 68.3 Å². The predicted molar refractivity (Wildman–Crippen MR) is 109 cm³/mol. The Hall–Kier alpha value is -1.92. The molecule has 148 valence electrons. The highest BCUT2D eigenvalue weighted by Gasteiger charge is 2.59. The van der Waals surface area contributed by atoms with Gasteiger partial charge in [-0.15, -0.1) is 0 Å². The van der Waals surface area contributed by atoms with E-state index in [0.29, 0.717) is 6.42 Å². The second-order valence-corrected chi connectivity index (χ2v) is 12.6. The lowest BCUT2D eigenvalue weighted by Gasteiger charge is -2.52. The molecule has 0 spiro atoms. The fourth-order valence-electron chi connectivity index (χ4n) is 4.87. The molecule has 0 radical (unpaired) electrons. The molecule has 6 heteroatoms. The molecule has 0 saturated heterocycles. The molecule has 2 aromatic carbocycles. The first-order valence-electron chi connectivity index (χ1n) is 9.42. The molecule has 28 heavy (non-hydrogen) atoms. The number of sulfone groups is 2. The van der Waals surface area contributed by atoms with Gasteiger partial charge < -0.3 is 0 Å². The molecule has 4 atom stereocenters. The maximum absolute atomic E-state index is 13.7. The predicted octanol–water partition coefficient (Wildman–Crippen LogP) is 3.90. The molecule has 1 fully saturated rings. The molecule has 1 saturated carbocycles. The van der Waals surface area contributed by atoms with E-state index in [1.165, 1.54) is 0 Å². The summed E-state index contributed by atoms with van der Waals surface area (Å²) in [6, 6.07) is 16.4. The lowest BCUT2D eigenvalue weighted by molar-refractivity contribution is 0.135. The fourth-order valence-corrected chi connectivity index (χ4v) is 10.0. The molecular weight excluding hydrogens is 392 g/mol. The third-order valence-electron chi connectivity index (χ3n) is 6.19. The second-order valence-electron chi connectivity index (χ2n) is 8.41. The highest BCUT2D eigenvalue weighted by molar-refractivity contribution is 7.96. The SMILES string of the molecule is CC1(C)CC2C=CC1C(S(=O)(=O)c1ccccc1)C2S(=O)(=O)c1ccccc1. The quantitative estimate of drug-likeness (QED) is 0.709. The van der Waals surface area contributed by atoms with Gasteiger partial charge in [-0.1, -0.05) is 62.4 Å². The average Bonchev–Trinajstić information content (AvgIpc) is 2.68. The summed E-state index contributed by atoms with van der Waals surface area (Å²) >= 11 is 0. The Morgan fingerprint density at radius 1 is 0.714 bits per heavy atom. The molecule has 0 aliphatic heterocycles. The summed E-state index contributed by atoms with van der Waals surface area (Å²) in [5.74, 6) is -0.681. The minimum atomic E-state index is -3.83. The Morgan fingerprint density at radius 3 is 1.64 bits per heavy atom. The van der Waals surface area contributed by atoms with Gasteiger partial charge in [0.1, 0.15) is 0 Å². The summed E-state index contributed by atoms with van der Waals surface area (Å²) in [6.07, 6.45) is 4.50. The Labute approximate surface area is 167 Å². The number of hydrogen-bond acceptors (Lipinski definition) is 4. The maximum Gasteiger partial charge on any atom is 0.183 e. The van der Waals surface area contributed by atoms with Crippen LogP contribution in [0.25, 0.3) is 0 Å². The van der Waals surface area contributed by atoms with Crippen LogP contribution in [0.15, 0.2) is 82.6 Å². The van der Waals surface area contributed by atoms with Gasteiger partial charge in [0, 0.05) is 5.92 Å². The van der Waals surface area contributed by atoms with Crippen LogP contribution in [0.1, 0.15) is 20.3 Å². The zero-order valence-corrected chi connectivity index (χ0v) is 17.5. The van der Waals surface area contributed by atoms with Crippen molar-refractivity contribution in [2.24, 2.45) is 17.3 Å². The van der Waals surface area contributed by atoms with Crippen molar-refractivity contribution in [3.05, 3.63) is 72.8 Å². The van der Waals surface area contributed by atoms with Gasteiger partial charge in [-0.3, -0.25) is 0 Å². The van der Waals surface area contributed by atoms with Crippen LogP contribution in [0.3, 0.4) is 0 Å². The molecule has 0 N–H and O–H groups in total. The van der Waals surface area contributed by atoms with Crippen molar-refractivity contribution >= 4 is 19.7 Å². The van der Waals surface area contributed by atoms with Crippen molar-refractivity contribution in [3.63, 3.8) is 0 Å². The van der Waals surface area contributed by atoms with Crippen LogP contribution < -0.4 is 0 Å². The number of hydrogen-bond donors (Lipinski definition) is 0. The highest BCUT2D eigenvalue weighted by atomic mass is 32.2. The van der Waals surface area contributed by atoms with Crippen molar-refractivity contribution in [2.75, 3.05) is 0 Å². The average molecular weight is 417 g/mol. The van der Waals surface area contributed by atoms with Crippen LogP contribution in [0, 0.1) is 17.3 Å². The van der Waals surface area contributed by atoms with Crippen LogP contribution in [0.2, 0.25) is 0 Å². The van der Waals surface area contributed by atoms with Crippen molar-refractivity contribution in [1.29, 1.82) is 0 Å². The standard InChI is InChI=1S/C22H24O4S2/c1-22(2)15-16-13-14-19(22)21(28(25,26)18-11-7-4-8-12-18)20(16)27(23,24)17-9-5-3-6-10-17/h3-14,16,19-21H,15H2,1-2H3. The molecular formula is C22H24O4S2. The zero-order valence-electron chi connectivity index (χ0n) is 15.9. The van der Waals surface area contributed by atoms with Crippen LogP contribution in [-0.2, 0) is 19.7 Å². The molecule has 4 nitrogen and oxygen atoms in total. The largest absolute Gasteiger partial charge is 0.223 e. The summed E-state index contributed by atoms with van der Waals surface area (Å²) < 4.78 is 54.5. The van der Waals surface area contributed by atoms with Gasteiger partial charge in [-0.2, -0.15) is 0 Å². The van der Waals surface area contributed by atoms with Crippen LogP contribution >= 0.6 is 0 Å². The molecule has 0 amide bonds. The molecule has 3 aliphatic rings. The summed E-state index contributed by atoms with van der Waals surface area (Å²) in [5, 5.41) is -1.98. The summed E-state index contributed by atoms with van der Waals surface area (Å²) in [6.45, 7) is 4.07. The summed E-state index contributed by atoms with van der Waals surface area (Å²) in [4.78, 5) is 0.372. The molecule has 2 aromatic rings. The van der Waals surface area contributed by atoms with E-state index in [0.717, 1.165) is 0 Å². The highest BCUT2D eigenvalue weighted by Crippen LogP contribution is 2.54. The monoisotopic (exact) mass is 416 g/mol. The molecule has 2 bridgehead atoms. The Morgan fingerprint density at radius 2 is 1.18 bits per heavy atom. The number of allylic oxidation sites excluding steroid dienone is 2. The third kappa shape index (κ3) is 2.94. The second kappa shape index (κ2) is 6.56. The van der Waals surface area contributed by atoms with Crippen LogP contribution in [-0.4, -0.2) is 27.3 Å². The van der Waals surface area contributed by atoms with E-state index in [1.807, 2.05) is 26.0 Å². The molecule has 0 heterocycles. The molecule has 0 aromatic heterocycles. The maximum atomic E-state index is 13.7. The van der Waals surface area contributed by atoms with Crippen LogP contribution in [0.4, 0.5) is 0 Å². The van der Waals surface area contributed by atoms with E-state index < -0.39 is 30.2 Å². The van der Waals surface area contributed by atoms with Crippen molar-refractivity contribution in [2.45, 2.75) is 40.6 Å². The normalized spacial score (nSPS) is 28.9. The van der Waals surface area contributed by atoms with Gasteiger partial charge in [0.25, 0.3) is 0 Å². The molecule has 5 rings (SSSR count). The van der Waals surface area contributed by atoms with Crippen LogP contribution in [0.5, 0.6) is 0 Å². The minimum absolute atomic E-state index is 0.185. The van der Waals surface area contributed by atoms with E-state index in [-0.39, 0.29) is 27.0 Å². The summed E-state index contributed by atoms with van der Waals surface area (Å²) in [5.41, 5.74) is -0.283. The lowest BCUT2D eigenvalue weighted by atomic mass is 9.60. The number of benzene rings is 2. The zero-order chi connectivity index (χ0) is 20.2. The Balaban J connectivity index is 1.92. The van der Waals surface area contributed by atoms with E-state index in [1.54, 1.807) is 60.7 Å². The molecule has 4 unspecified atom stereocenters. The van der Waals surface area contributed by atoms with Gasteiger partial charge in [0.2, 0.25) is 0 Å². The first-order chi connectivity index (χ1) is 13.2. The first-order valence-corrected chi connectivity index (χ1v) is 12.5. The van der Waals surface area contributed by atoms with E-state index in [2.05, 4.69) is 0 Å². The van der Waals surface area contributed by atoms with Crippen molar-refractivity contribution < 1.29 is 16.8 Å². The number of fused-ring (bicyclic) bond motifs is 2. The van der Waals surface area contributed by atoms with Gasteiger partial charge in [-0.25, -0.2) is 16.8 Å². The Kier molecular flexibility index (Phi) is 4.55. The van der Waals surface area contributed by atoms with Crippen molar-refractivity contribution in [3.8, 4) is 0 Å². The minimum Gasteiger partial charge on any atom is -0.223 e. The lowest BCUT2D eigenvalue weighted by Crippen LogP contribution is -2.58. The molecule has 3 aliphatic carbocycles. The third-order valence-corrected chi connectivity index (χ3v) is 10.9. The number of rotatable bonds is 4. The van der Waals surface area contributed by atoms with Gasteiger partial charge in [0.05, 0.1) is 20.3 Å².